The molecular weight excluding hydrogens is 190 g/mol. The number of unbranched alkanes of at least 4 members (excludes halogenated alkanes) is 1. The Kier molecular flexibility index (Phi) is 3.92. The minimum Gasteiger partial charge on any atom is -0.351 e. The molecule has 0 atom stereocenters. The Bertz CT molecular complexity index is 387. The second-order valence-corrected chi connectivity index (χ2v) is 3.36. The molecule has 1 amide bonds. The number of terminal acetylenes is 1. The molecule has 1 aromatic heterocycles. The normalized spacial score (nSPS) is 9.67. The van der Waals surface area contributed by atoms with Crippen molar-refractivity contribution in [2.75, 3.05) is 6.54 Å². The number of carbonyl (C=O) groups excluding carboxylic acids is 1. The Morgan fingerprint density at radius 1 is 1.73 bits per heavy atom. The van der Waals surface area contributed by atoms with Gasteiger partial charge < -0.3 is 5.32 Å². The number of hydrogen-bond donors (Lipinski definition) is 1. The fourth-order valence-electron chi connectivity index (χ4n) is 1.31. The predicted octanol–water partition coefficient (Wildman–Crippen LogP) is 0.872. The second-order valence-electron chi connectivity index (χ2n) is 3.36. The smallest absolute Gasteiger partial charge is 0.269 e. The summed E-state index contributed by atoms with van der Waals surface area (Å²) in [6.45, 7) is 2.46. The highest BCUT2D eigenvalue weighted by Crippen LogP contribution is 2.01. The number of carbonyl (C=O) groups is 1. The molecule has 1 N–H and O–H groups in total. The second kappa shape index (κ2) is 5.20. The molecule has 0 radical (unpaired) electrons. The van der Waals surface area contributed by atoms with E-state index in [1.54, 1.807) is 17.8 Å². The lowest BCUT2D eigenvalue weighted by Crippen LogP contribution is -2.26. The maximum atomic E-state index is 11.6. The van der Waals surface area contributed by atoms with Gasteiger partial charge in [-0.15, -0.1) is 12.3 Å². The molecule has 4 heteroatoms. The van der Waals surface area contributed by atoms with E-state index in [1.165, 1.54) is 0 Å². The van der Waals surface area contributed by atoms with E-state index in [-0.39, 0.29) is 5.91 Å². The van der Waals surface area contributed by atoms with E-state index >= 15 is 0 Å². The largest absolute Gasteiger partial charge is 0.351 e. The van der Waals surface area contributed by atoms with Crippen LogP contribution in [0, 0.1) is 19.3 Å². The zero-order valence-corrected chi connectivity index (χ0v) is 9.08. The van der Waals surface area contributed by atoms with Gasteiger partial charge in [0, 0.05) is 20.0 Å². The minimum atomic E-state index is -0.102. The van der Waals surface area contributed by atoms with Crippen molar-refractivity contribution >= 4 is 5.91 Å². The lowest BCUT2D eigenvalue weighted by Gasteiger charge is -2.03. The monoisotopic (exact) mass is 205 g/mol. The van der Waals surface area contributed by atoms with Gasteiger partial charge in [-0.3, -0.25) is 9.48 Å². The van der Waals surface area contributed by atoms with Crippen LogP contribution in [0.4, 0.5) is 0 Å². The number of amides is 1. The number of rotatable bonds is 4. The molecule has 0 aliphatic carbocycles. The molecule has 0 saturated carbocycles. The van der Waals surface area contributed by atoms with Gasteiger partial charge in [-0.25, -0.2) is 0 Å². The maximum Gasteiger partial charge on any atom is 0.269 e. The van der Waals surface area contributed by atoms with Crippen LogP contribution in [0.5, 0.6) is 0 Å². The van der Waals surface area contributed by atoms with E-state index in [9.17, 15) is 4.79 Å². The molecule has 0 aromatic carbocycles. The standard InChI is InChI=1S/C11H15N3O/c1-4-5-6-7-12-11(15)10-8-9(2)13-14(10)3/h1,8H,5-7H2,2-3H3,(H,12,15). The van der Waals surface area contributed by atoms with Gasteiger partial charge in [0.25, 0.3) is 5.91 Å². The molecule has 15 heavy (non-hydrogen) atoms. The predicted molar refractivity (Wildman–Crippen MR) is 58.3 cm³/mol. The van der Waals surface area contributed by atoms with Crippen molar-refractivity contribution in [2.45, 2.75) is 19.8 Å². The van der Waals surface area contributed by atoms with E-state index in [0.717, 1.165) is 12.1 Å². The van der Waals surface area contributed by atoms with E-state index in [0.29, 0.717) is 18.7 Å². The van der Waals surface area contributed by atoms with Gasteiger partial charge in [0.15, 0.2) is 0 Å². The zero-order chi connectivity index (χ0) is 11.3. The summed E-state index contributed by atoms with van der Waals surface area (Å²) < 4.78 is 1.58. The number of aryl methyl sites for hydroxylation is 2. The minimum absolute atomic E-state index is 0.102. The first-order chi connectivity index (χ1) is 7.15. The summed E-state index contributed by atoms with van der Waals surface area (Å²) in [5.41, 5.74) is 1.42. The maximum absolute atomic E-state index is 11.6. The van der Waals surface area contributed by atoms with Crippen molar-refractivity contribution in [3.05, 3.63) is 17.5 Å². The summed E-state index contributed by atoms with van der Waals surface area (Å²) in [5, 5.41) is 6.89. The highest BCUT2D eigenvalue weighted by Gasteiger charge is 2.10. The fourth-order valence-corrected chi connectivity index (χ4v) is 1.31. The molecule has 0 fully saturated rings. The molecule has 1 rings (SSSR count). The lowest BCUT2D eigenvalue weighted by molar-refractivity contribution is 0.0944. The molecule has 1 heterocycles. The lowest BCUT2D eigenvalue weighted by atomic mass is 10.3. The van der Waals surface area contributed by atoms with Gasteiger partial charge in [-0.2, -0.15) is 5.10 Å². The average Bonchev–Trinajstić information content (AvgIpc) is 2.52. The highest BCUT2D eigenvalue weighted by molar-refractivity contribution is 5.92. The summed E-state index contributed by atoms with van der Waals surface area (Å²) in [7, 11) is 1.75. The Morgan fingerprint density at radius 3 is 3.00 bits per heavy atom. The summed E-state index contributed by atoms with van der Waals surface area (Å²) in [5.74, 6) is 2.43. The molecule has 0 unspecified atom stereocenters. The molecule has 0 aliphatic rings. The molecule has 1 aromatic rings. The molecule has 0 spiro atoms. The van der Waals surface area contributed by atoms with E-state index in [2.05, 4.69) is 16.3 Å². The molecule has 0 aliphatic heterocycles. The fraction of sp³-hybridized carbons (Fsp3) is 0.455. The Hall–Kier alpha value is -1.76. The molecule has 4 nitrogen and oxygen atoms in total. The quantitative estimate of drug-likeness (QED) is 0.585. The number of hydrogen-bond acceptors (Lipinski definition) is 2. The SMILES string of the molecule is C#CCCCNC(=O)c1cc(C)nn1C. The average molecular weight is 205 g/mol. The highest BCUT2D eigenvalue weighted by atomic mass is 16.2. The van der Waals surface area contributed by atoms with Crippen molar-refractivity contribution in [3.63, 3.8) is 0 Å². The van der Waals surface area contributed by atoms with Gasteiger partial charge >= 0.3 is 0 Å². The summed E-state index contributed by atoms with van der Waals surface area (Å²) >= 11 is 0. The molecule has 0 saturated heterocycles. The van der Waals surface area contributed by atoms with Crippen LogP contribution in [0.1, 0.15) is 29.0 Å². The third-order valence-electron chi connectivity index (χ3n) is 2.02. The van der Waals surface area contributed by atoms with Crippen LogP contribution in [-0.2, 0) is 7.05 Å². The Morgan fingerprint density at radius 2 is 2.47 bits per heavy atom. The van der Waals surface area contributed by atoms with Crippen LogP contribution in [0.25, 0.3) is 0 Å². The number of nitrogens with zero attached hydrogens (tertiary/aromatic N) is 2. The van der Waals surface area contributed by atoms with Crippen molar-refractivity contribution in [2.24, 2.45) is 7.05 Å². The van der Waals surface area contributed by atoms with E-state index < -0.39 is 0 Å². The van der Waals surface area contributed by atoms with E-state index in [1.807, 2.05) is 6.92 Å². The first-order valence-corrected chi connectivity index (χ1v) is 4.87. The van der Waals surface area contributed by atoms with Crippen molar-refractivity contribution in [1.29, 1.82) is 0 Å². The zero-order valence-electron chi connectivity index (χ0n) is 9.08. The summed E-state index contributed by atoms with van der Waals surface area (Å²) in [6.07, 6.45) is 6.60. The number of aromatic nitrogens is 2. The topological polar surface area (TPSA) is 46.9 Å². The van der Waals surface area contributed by atoms with Crippen LogP contribution >= 0.6 is 0 Å². The van der Waals surface area contributed by atoms with Crippen LogP contribution in [0.3, 0.4) is 0 Å². The van der Waals surface area contributed by atoms with E-state index in [4.69, 9.17) is 6.42 Å². The van der Waals surface area contributed by atoms with Crippen molar-refractivity contribution in [1.82, 2.24) is 15.1 Å². The first-order valence-electron chi connectivity index (χ1n) is 4.87. The van der Waals surface area contributed by atoms with Crippen LogP contribution in [0.15, 0.2) is 6.07 Å². The van der Waals surface area contributed by atoms with Gasteiger partial charge in [0.2, 0.25) is 0 Å². The van der Waals surface area contributed by atoms with Gasteiger partial charge in [0.05, 0.1) is 5.69 Å². The third-order valence-corrected chi connectivity index (χ3v) is 2.02. The number of nitrogens with one attached hydrogen (secondary N) is 1. The summed E-state index contributed by atoms with van der Waals surface area (Å²) in [6, 6.07) is 1.76. The van der Waals surface area contributed by atoms with Gasteiger partial charge in [0.1, 0.15) is 5.69 Å². The first kappa shape index (κ1) is 11.3. The molecule has 0 bridgehead atoms. The molecular formula is C11H15N3O. The molecule has 80 valence electrons. The van der Waals surface area contributed by atoms with Crippen molar-refractivity contribution < 1.29 is 4.79 Å². The van der Waals surface area contributed by atoms with Crippen LogP contribution in [-0.4, -0.2) is 22.2 Å². The van der Waals surface area contributed by atoms with Crippen LogP contribution in [0.2, 0.25) is 0 Å². The Balaban J connectivity index is 2.48. The van der Waals surface area contributed by atoms with Gasteiger partial charge in [-0.05, 0) is 19.4 Å². The summed E-state index contributed by atoms with van der Waals surface area (Å²) in [4.78, 5) is 11.6. The van der Waals surface area contributed by atoms with Crippen LogP contribution < -0.4 is 5.32 Å². The van der Waals surface area contributed by atoms with Crippen molar-refractivity contribution in [3.8, 4) is 12.3 Å². The third kappa shape index (κ3) is 3.13. The van der Waals surface area contributed by atoms with Gasteiger partial charge in [-0.1, -0.05) is 0 Å². The Labute approximate surface area is 89.7 Å².